The molecule has 7 heteroatoms. The zero-order chi connectivity index (χ0) is 19.1. The van der Waals surface area contributed by atoms with Gasteiger partial charge in [-0.15, -0.1) is 23.1 Å². The lowest BCUT2D eigenvalue weighted by molar-refractivity contribution is -0.113. The number of hydrogen-bond acceptors (Lipinski definition) is 5. The largest absolute Gasteiger partial charge is 0.497 e. The topological polar surface area (TPSA) is 67.4 Å². The second-order valence-electron chi connectivity index (χ2n) is 5.49. The fraction of sp³-hybridized carbons (Fsp3) is 0.100. The van der Waals surface area contributed by atoms with Crippen molar-refractivity contribution in [2.45, 2.75) is 4.90 Å². The molecular formula is C20H18N2O3S2. The Labute approximate surface area is 165 Å². The van der Waals surface area contributed by atoms with Crippen LogP contribution in [-0.4, -0.2) is 24.7 Å². The van der Waals surface area contributed by atoms with Gasteiger partial charge in [-0.2, -0.15) is 0 Å². The van der Waals surface area contributed by atoms with E-state index in [1.54, 1.807) is 37.4 Å². The summed E-state index contributed by atoms with van der Waals surface area (Å²) in [4.78, 5) is 26.0. The fourth-order valence-corrected chi connectivity index (χ4v) is 3.73. The van der Waals surface area contributed by atoms with Gasteiger partial charge in [0.25, 0.3) is 5.91 Å². The molecule has 0 fully saturated rings. The van der Waals surface area contributed by atoms with Gasteiger partial charge in [-0.1, -0.05) is 18.2 Å². The first kappa shape index (κ1) is 19.0. The summed E-state index contributed by atoms with van der Waals surface area (Å²) in [7, 11) is 1.60. The van der Waals surface area contributed by atoms with Gasteiger partial charge in [-0.05, 0) is 47.8 Å². The third kappa shape index (κ3) is 5.35. The van der Waals surface area contributed by atoms with Crippen molar-refractivity contribution in [2.75, 3.05) is 23.5 Å². The number of methoxy groups -OCH3 is 1. The van der Waals surface area contributed by atoms with E-state index in [9.17, 15) is 9.59 Å². The molecule has 0 saturated carbocycles. The first-order valence-electron chi connectivity index (χ1n) is 8.16. The molecule has 0 radical (unpaired) electrons. The van der Waals surface area contributed by atoms with Crippen LogP contribution >= 0.6 is 23.1 Å². The van der Waals surface area contributed by atoms with E-state index in [1.807, 2.05) is 35.7 Å². The molecule has 1 heterocycles. The first-order valence-corrected chi connectivity index (χ1v) is 10.0. The Morgan fingerprint density at radius 2 is 1.78 bits per heavy atom. The summed E-state index contributed by atoms with van der Waals surface area (Å²) in [6, 6.07) is 18.2. The van der Waals surface area contributed by atoms with Crippen LogP contribution in [0.5, 0.6) is 5.75 Å². The molecule has 0 aliphatic heterocycles. The minimum atomic E-state index is -0.152. The van der Waals surface area contributed by atoms with Gasteiger partial charge >= 0.3 is 0 Å². The van der Waals surface area contributed by atoms with Gasteiger partial charge in [0.05, 0.1) is 23.4 Å². The van der Waals surface area contributed by atoms with Gasteiger partial charge in [-0.3, -0.25) is 9.59 Å². The molecule has 0 aliphatic carbocycles. The number of anilines is 2. The third-order valence-corrected chi connectivity index (χ3v) is 5.55. The van der Waals surface area contributed by atoms with Gasteiger partial charge in [0.15, 0.2) is 0 Å². The smallest absolute Gasteiger partial charge is 0.265 e. The standard InChI is InChI=1S/C20H18N2O3S2/c1-25-15-10-8-14(9-11-15)21-19(23)13-27-17-6-3-2-5-16(17)22-20(24)18-7-4-12-26-18/h2-12H,13H2,1H3,(H,21,23)(H,22,24). The SMILES string of the molecule is COc1ccc(NC(=O)CSc2ccccc2NC(=O)c2cccs2)cc1. The molecule has 0 spiro atoms. The van der Waals surface area contributed by atoms with Crippen LogP contribution in [0.3, 0.4) is 0 Å². The average molecular weight is 399 g/mol. The third-order valence-electron chi connectivity index (χ3n) is 3.61. The maximum atomic E-state index is 12.3. The number of ether oxygens (including phenoxy) is 1. The van der Waals surface area contributed by atoms with Crippen LogP contribution in [0, 0.1) is 0 Å². The van der Waals surface area contributed by atoms with Crippen LogP contribution in [0.15, 0.2) is 70.9 Å². The van der Waals surface area contributed by atoms with Crippen LogP contribution in [-0.2, 0) is 4.79 Å². The normalized spacial score (nSPS) is 10.3. The highest BCUT2D eigenvalue weighted by Gasteiger charge is 2.11. The van der Waals surface area contributed by atoms with E-state index in [4.69, 9.17) is 4.74 Å². The molecule has 0 atom stereocenters. The van der Waals surface area contributed by atoms with Crippen molar-refractivity contribution >= 4 is 46.3 Å². The highest BCUT2D eigenvalue weighted by Crippen LogP contribution is 2.28. The predicted octanol–water partition coefficient (Wildman–Crippen LogP) is 4.74. The van der Waals surface area contributed by atoms with E-state index in [0.717, 1.165) is 10.6 Å². The molecule has 0 saturated heterocycles. The number of rotatable bonds is 7. The van der Waals surface area contributed by atoms with Gasteiger partial charge < -0.3 is 15.4 Å². The van der Waals surface area contributed by atoms with E-state index in [1.165, 1.54) is 23.1 Å². The number of nitrogens with one attached hydrogen (secondary N) is 2. The molecular weight excluding hydrogens is 380 g/mol. The van der Waals surface area contributed by atoms with Crippen molar-refractivity contribution in [2.24, 2.45) is 0 Å². The zero-order valence-corrected chi connectivity index (χ0v) is 16.2. The number of thioether (sulfide) groups is 1. The van der Waals surface area contributed by atoms with Crippen LogP contribution in [0.2, 0.25) is 0 Å². The van der Waals surface area contributed by atoms with E-state index in [0.29, 0.717) is 16.3 Å². The maximum Gasteiger partial charge on any atom is 0.265 e. The van der Waals surface area contributed by atoms with E-state index >= 15 is 0 Å². The van der Waals surface area contributed by atoms with Crippen LogP contribution in [0.1, 0.15) is 9.67 Å². The number of para-hydroxylation sites is 1. The Kier molecular flexibility index (Phi) is 6.51. The highest BCUT2D eigenvalue weighted by molar-refractivity contribution is 8.00. The second kappa shape index (κ2) is 9.25. The molecule has 27 heavy (non-hydrogen) atoms. The Morgan fingerprint density at radius 3 is 2.48 bits per heavy atom. The summed E-state index contributed by atoms with van der Waals surface area (Å²) >= 11 is 2.76. The number of benzene rings is 2. The predicted molar refractivity (Wildman–Crippen MR) is 111 cm³/mol. The fourth-order valence-electron chi connectivity index (χ4n) is 2.30. The van der Waals surface area contributed by atoms with E-state index < -0.39 is 0 Å². The van der Waals surface area contributed by atoms with E-state index in [2.05, 4.69) is 10.6 Å². The maximum absolute atomic E-state index is 12.3. The number of hydrogen-bond donors (Lipinski definition) is 2. The molecule has 0 aliphatic rings. The molecule has 3 rings (SSSR count). The molecule has 2 N–H and O–H groups in total. The van der Waals surface area contributed by atoms with Crippen LogP contribution in [0.25, 0.3) is 0 Å². The van der Waals surface area contributed by atoms with Crippen molar-refractivity contribution < 1.29 is 14.3 Å². The van der Waals surface area contributed by atoms with Gasteiger partial charge in [0, 0.05) is 10.6 Å². The minimum absolute atomic E-state index is 0.121. The van der Waals surface area contributed by atoms with Crippen molar-refractivity contribution in [3.8, 4) is 5.75 Å². The first-order chi connectivity index (χ1) is 13.2. The molecule has 138 valence electrons. The van der Waals surface area contributed by atoms with Crippen molar-refractivity contribution in [1.29, 1.82) is 0 Å². The van der Waals surface area contributed by atoms with Crippen LogP contribution in [0.4, 0.5) is 11.4 Å². The molecule has 0 unspecified atom stereocenters. The summed E-state index contributed by atoms with van der Waals surface area (Å²) in [6.45, 7) is 0. The average Bonchev–Trinajstić information content (AvgIpc) is 3.23. The van der Waals surface area contributed by atoms with Crippen molar-refractivity contribution in [3.63, 3.8) is 0 Å². The lowest BCUT2D eigenvalue weighted by Crippen LogP contribution is -2.14. The van der Waals surface area contributed by atoms with Gasteiger partial charge in [-0.25, -0.2) is 0 Å². The highest BCUT2D eigenvalue weighted by atomic mass is 32.2. The van der Waals surface area contributed by atoms with Crippen molar-refractivity contribution in [1.82, 2.24) is 0 Å². The molecule has 5 nitrogen and oxygen atoms in total. The Bertz CT molecular complexity index is 909. The minimum Gasteiger partial charge on any atom is -0.497 e. The number of thiophene rings is 1. The number of amides is 2. The number of carbonyl (C=O) groups is 2. The summed E-state index contributed by atoms with van der Waals surface area (Å²) < 4.78 is 5.10. The Morgan fingerprint density at radius 1 is 1.00 bits per heavy atom. The summed E-state index contributed by atoms with van der Waals surface area (Å²) in [5, 5.41) is 7.61. The zero-order valence-electron chi connectivity index (χ0n) is 14.6. The monoisotopic (exact) mass is 398 g/mol. The number of carbonyl (C=O) groups excluding carboxylic acids is 2. The molecule has 2 amide bonds. The summed E-state index contributed by atoms with van der Waals surface area (Å²) in [5.74, 6) is 0.695. The molecule has 1 aromatic heterocycles. The van der Waals surface area contributed by atoms with E-state index in [-0.39, 0.29) is 17.6 Å². The lowest BCUT2D eigenvalue weighted by atomic mass is 10.3. The van der Waals surface area contributed by atoms with Gasteiger partial charge in [0.2, 0.25) is 5.91 Å². The Balaban J connectivity index is 1.58. The summed E-state index contributed by atoms with van der Waals surface area (Å²) in [5.41, 5.74) is 1.40. The van der Waals surface area contributed by atoms with Crippen LogP contribution < -0.4 is 15.4 Å². The molecule has 0 bridgehead atoms. The Hall–Kier alpha value is -2.77. The molecule has 3 aromatic rings. The molecule has 2 aromatic carbocycles. The van der Waals surface area contributed by atoms with Crippen molar-refractivity contribution in [3.05, 3.63) is 70.9 Å². The quantitative estimate of drug-likeness (QED) is 0.564. The van der Waals surface area contributed by atoms with Gasteiger partial charge in [0.1, 0.15) is 5.75 Å². The lowest BCUT2D eigenvalue weighted by Gasteiger charge is -2.10. The second-order valence-corrected chi connectivity index (χ2v) is 7.46. The summed E-state index contributed by atoms with van der Waals surface area (Å²) in [6.07, 6.45) is 0.